The maximum atomic E-state index is 5.51. The van der Waals surface area contributed by atoms with E-state index in [9.17, 15) is 0 Å². The van der Waals surface area contributed by atoms with E-state index in [0.29, 0.717) is 6.61 Å². The molecule has 1 fully saturated rings. The molecule has 0 amide bonds. The van der Waals surface area contributed by atoms with Gasteiger partial charge in [-0.3, -0.25) is 0 Å². The van der Waals surface area contributed by atoms with E-state index in [1.165, 1.54) is 24.9 Å². The van der Waals surface area contributed by atoms with Crippen molar-refractivity contribution >= 4 is 0 Å². The van der Waals surface area contributed by atoms with Crippen LogP contribution in [0, 0.1) is 5.92 Å². The van der Waals surface area contributed by atoms with Crippen molar-refractivity contribution in [1.29, 1.82) is 0 Å². The van der Waals surface area contributed by atoms with Crippen molar-refractivity contribution in [3.8, 4) is 0 Å². The number of methoxy groups -OCH3 is 1. The van der Waals surface area contributed by atoms with Gasteiger partial charge >= 0.3 is 0 Å². The van der Waals surface area contributed by atoms with Gasteiger partial charge in [0.1, 0.15) is 5.76 Å². The summed E-state index contributed by atoms with van der Waals surface area (Å²) >= 11 is 0. The largest absolute Gasteiger partial charge is 0.469 e. The van der Waals surface area contributed by atoms with Gasteiger partial charge in [0.25, 0.3) is 0 Å². The standard InChI is InChI=1S/C12H19NO2/c1-14-9-11-4-6-15-12(11)7-10-3-2-5-13-8-10/h4,6,10,13H,2-3,5,7-9H2,1H3. The highest BCUT2D eigenvalue weighted by molar-refractivity contribution is 5.16. The molecule has 1 aliphatic heterocycles. The smallest absolute Gasteiger partial charge is 0.109 e. The fourth-order valence-electron chi connectivity index (χ4n) is 2.19. The van der Waals surface area contributed by atoms with Gasteiger partial charge in [-0.25, -0.2) is 0 Å². The molecule has 0 aromatic carbocycles. The third kappa shape index (κ3) is 2.83. The van der Waals surface area contributed by atoms with Gasteiger partial charge < -0.3 is 14.5 Å². The van der Waals surface area contributed by atoms with E-state index < -0.39 is 0 Å². The summed E-state index contributed by atoms with van der Waals surface area (Å²) in [6.45, 7) is 2.94. The van der Waals surface area contributed by atoms with Crippen molar-refractivity contribution in [2.75, 3.05) is 20.2 Å². The molecule has 2 rings (SSSR count). The Labute approximate surface area is 90.8 Å². The fraction of sp³-hybridized carbons (Fsp3) is 0.667. The van der Waals surface area contributed by atoms with Gasteiger partial charge in [-0.1, -0.05) is 0 Å². The molecule has 0 radical (unpaired) electrons. The number of rotatable bonds is 4. The quantitative estimate of drug-likeness (QED) is 0.823. The molecule has 1 aromatic heterocycles. The minimum absolute atomic E-state index is 0.659. The first-order chi connectivity index (χ1) is 7.40. The van der Waals surface area contributed by atoms with Gasteiger partial charge in [-0.15, -0.1) is 0 Å². The van der Waals surface area contributed by atoms with E-state index >= 15 is 0 Å². The Morgan fingerprint density at radius 2 is 2.53 bits per heavy atom. The van der Waals surface area contributed by atoms with Crippen LogP contribution < -0.4 is 5.32 Å². The summed E-state index contributed by atoms with van der Waals surface area (Å²) in [5.41, 5.74) is 1.20. The molecule has 1 N–H and O–H groups in total. The van der Waals surface area contributed by atoms with Crippen LogP contribution in [0.15, 0.2) is 16.7 Å². The van der Waals surface area contributed by atoms with Crippen molar-refractivity contribution in [3.05, 3.63) is 23.7 Å². The van der Waals surface area contributed by atoms with E-state index in [-0.39, 0.29) is 0 Å². The first-order valence-electron chi connectivity index (χ1n) is 5.65. The molecular formula is C12H19NO2. The molecular weight excluding hydrogens is 190 g/mol. The zero-order chi connectivity index (χ0) is 10.5. The molecule has 3 heteroatoms. The van der Waals surface area contributed by atoms with Crippen molar-refractivity contribution in [1.82, 2.24) is 5.32 Å². The minimum Gasteiger partial charge on any atom is -0.469 e. The van der Waals surface area contributed by atoms with Gasteiger partial charge in [0.05, 0.1) is 12.9 Å². The van der Waals surface area contributed by atoms with E-state index in [0.717, 1.165) is 24.6 Å². The average Bonchev–Trinajstić information content (AvgIpc) is 2.68. The summed E-state index contributed by atoms with van der Waals surface area (Å²) in [7, 11) is 1.72. The first kappa shape index (κ1) is 10.7. The Hall–Kier alpha value is -0.800. The van der Waals surface area contributed by atoms with Gasteiger partial charge in [0, 0.05) is 19.1 Å². The summed E-state index contributed by atoms with van der Waals surface area (Å²) < 4.78 is 10.7. The van der Waals surface area contributed by atoms with Crippen LogP contribution in [-0.2, 0) is 17.8 Å². The molecule has 1 aliphatic rings. The Bertz CT molecular complexity index is 290. The van der Waals surface area contributed by atoms with Crippen molar-refractivity contribution < 1.29 is 9.15 Å². The summed E-state index contributed by atoms with van der Waals surface area (Å²) in [6, 6.07) is 2.01. The maximum absolute atomic E-state index is 5.51. The monoisotopic (exact) mass is 209 g/mol. The highest BCUT2D eigenvalue weighted by Crippen LogP contribution is 2.20. The fourth-order valence-corrected chi connectivity index (χ4v) is 2.19. The molecule has 84 valence electrons. The molecule has 0 spiro atoms. The minimum atomic E-state index is 0.659. The summed E-state index contributed by atoms with van der Waals surface area (Å²) in [6.07, 6.45) is 5.39. The second-order valence-corrected chi connectivity index (χ2v) is 4.22. The maximum Gasteiger partial charge on any atom is 0.109 e. The van der Waals surface area contributed by atoms with Crippen LogP contribution in [-0.4, -0.2) is 20.2 Å². The Kier molecular flexibility index (Phi) is 3.80. The Balaban J connectivity index is 1.93. The zero-order valence-corrected chi connectivity index (χ0v) is 9.29. The molecule has 0 saturated carbocycles. The van der Waals surface area contributed by atoms with Crippen LogP contribution in [0.1, 0.15) is 24.2 Å². The molecule has 1 aromatic rings. The lowest BCUT2D eigenvalue weighted by molar-refractivity contribution is 0.182. The van der Waals surface area contributed by atoms with Crippen LogP contribution in [0.2, 0.25) is 0 Å². The number of hydrogen-bond donors (Lipinski definition) is 1. The molecule has 0 aliphatic carbocycles. The van der Waals surface area contributed by atoms with Gasteiger partial charge in [0.15, 0.2) is 0 Å². The number of piperidine rings is 1. The molecule has 1 saturated heterocycles. The third-order valence-electron chi connectivity index (χ3n) is 3.01. The second-order valence-electron chi connectivity index (χ2n) is 4.22. The molecule has 15 heavy (non-hydrogen) atoms. The van der Waals surface area contributed by atoms with E-state index in [4.69, 9.17) is 9.15 Å². The molecule has 0 bridgehead atoms. The van der Waals surface area contributed by atoms with Crippen LogP contribution in [0.5, 0.6) is 0 Å². The van der Waals surface area contributed by atoms with Crippen molar-refractivity contribution in [2.45, 2.75) is 25.9 Å². The lowest BCUT2D eigenvalue weighted by Gasteiger charge is -2.22. The van der Waals surface area contributed by atoms with Crippen molar-refractivity contribution in [2.24, 2.45) is 5.92 Å². The summed E-state index contributed by atoms with van der Waals surface area (Å²) in [5, 5.41) is 3.43. The first-order valence-corrected chi connectivity index (χ1v) is 5.65. The highest BCUT2D eigenvalue weighted by Gasteiger charge is 2.16. The predicted molar refractivity (Wildman–Crippen MR) is 58.7 cm³/mol. The van der Waals surface area contributed by atoms with Gasteiger partial charge in [-0.2, -0.15) is 0 Å². The molecule has 1 atom stereocenters. The lowest BCUT2D eigenvalue weighted by atomic mass is 9.94. The van der Waals surface area contributed by atoms with E-state index in [2.05, 4.69) is 5.32 Å². The summed E-state index contributed by atoms with van der Waals surface area (Å²) in [5.74, 6) is 1.83. The normalized spacial score (nSPS) is 21.8. The Morgan fingerprint density at radius 3 is 3.27 bits per heavy atom. The third-order valence-corrected chi connectivity index (χ3v) is 3.01. The van der Waals surface area contributed by atoms with E-state index in [1.54, 1.807) is 13.4 Å². The van der Waals surface area contributed by atoms with Crippen LogP contribution in [0.4, 0.5) is 0 Å². The number of nitrogens with one attached hydrogen (secondary N) is 1. The highest BCUT2D eigenvalue weighted by atomic mass is 16.5. The predicted octanol–water partition coefficient (Wildman–Crippen LogP) is 1.97. The number of hydrogen-bond acceptors (Lipinski definition) is 3. The lowest BCUT2D eigenvalue weighted by Crippen LogP contribution is -2.30. The average molecular weight is 209 g/mol. The topological polar surface area (TPSA) is 34.4 Å². The molecule has 2 heterocycles. The second kappa shape index (κ2) is 5.33. The van der Waals surface area contributed by atoms with E-state index in [1.807, 2.05) is 6.07 Å². The molecule has 3 nitrogen and oxygen atoms in total. The van der Waals surface area contributed by atoms with Crippen LogP contribution in [0.25, 0.3) is 0 Å². The number of ether oxygens (including phenoxy) is 1. The van der Waals surface area contributed by atoms with Gasteiger partial charge in [-0.05, 0) is 37.9 Å². The SMILES string of the molecule is COCc1ccoc1CC1CCCNC1. The van der Waals surface area contributed by atoms with Crippen LogP contribution >= 0.6 is 0 Å². The number of furan rings is 1. The van der Waals surface area contributed by atoms with Crippen LogP contribution in [0.3, 0.4) is 0 Å². The van der Waals surface area contributed by atoms with Gasteiger partial charge in [0.2, 0.25) is 0 Å². The molecule has 1 unspecified atom stereocenters. The van der Waals surface area contributed by atoms with Crippen molar-refractivity contribution in [3.63, 3.8) is 0 Å². The summed E-state index contributed by atoms with van der Waals surface area (Å²) in [4.78, 5) is 0. The zero-order valence-electron chi connectivity index (χ0n) is 9.29. The Morgan fingerprint density at radius 1 is 1.60 bits per heavy atom.